The summed E-state index contributed by atoms with van der Waals surface area (Å²) in [5.41, 5.74) is 4.26. The number of aryl methyl sites for hydroxylation is 2. The Kier molecular flexibility index (Phi) is 4.84. The molecule has 2 rings (SSSR count). The van der Waals surface area contributed by atoms with Crippen LogP contribution in [0.5, 0.6) is 0 Å². The van der Waals surface area contributed by atoms with Gasteiger partial charge in [-0.2, -0.15) is 0 Å². The number of hydrogen-bond donors (Lipinski definition) is 0. The largest absolute Gasteiger partial charge is 0.113 e. The Bertz CT molecular complexity index is 603. The van der Waals surface area contributed by atoms with Crippen molar-refractivity contribution in [2.75, 3.05) is 0 Å². The van der Waals surface area contributed by atoms with Gasteiger partial charge in [-0.3, -0.25) is 0 Å². The lowest BCUT2D eigenvalue weighted by molar-refractivity contribution is 1.10. The van der Waals surface area contributed by atoms with Crippen LogP contribution in [0.1, 0.15) is 27.6 Å². The highest BCUT2D eigenvalue weighted by Crippen LogP contribution is 2.35. The molecule has 0 bridgehead atoms. The van der Waals surface area contributed by atoms with Crippen LogP contribution in [0.15, 0.2) is 34.8 Å². The van der Waals surface area contributed by atoms with Crippen molar-refractivity contribution in [1.82, 2.24) is 0 Å². The Labute approximate surface area is 136 Å². The molecule has 2 aromatic carbocycles. The fourth-order valence-corrected chi connectivity index (χ4v) is 3.34. The lowest BCUT2D eigenvalue weighted by Gasteiger charge is -2.16. The summed E-state index contributed by atoms with van der Waals surface area (Å²) in [5, 5.41) is 0.933. The van der Waals surface area contributed by atoms with Gasteiger partial charge in [0.2, 0.25) is 0 Å². The van der Waals surface area contributed by atoms with Crippen LogP contribution in [0.3, 0.4) is 0 Å². The van der Waals surface area contributed by atoms with Gasteiger partial charge >= 0.3 is 0 Å². The van der Waals surface area contributed by atoms with Crippen LogP contribution < -0.4 is 0 Å². The molecule has 1 unspecified atom stereocenters. The summed E-state index contributed by atoms with van der Waals surface area (Å²) in [6.07, 6.45) is 0. The fourth-order valence-electron chi connectivity index (χ4n) is 1.98. The van der Waals surface area contributed by atoms with E-state index < -0.39 is 0 Å². The first-order chi connectivity index (χ1) is 8.88. The summed E-state index contributed by atoms with van der Waals surface area (Å²) < 4.78 is 1.08. The van der Waals surface area contributed by atoms with Crippen molar-refractivity contribution in [3.8, 4) is 0 Å². The second-order valence-corrected chi connectivity index (χ2v) is 6.69. The van der Waals surface area contributed by atoms with Gasteiger partial charge in [0.15, 0.2) is 0 Å². The molecule has 1 atom stereocenters. The minimum absolute atomic E-state index is 0.261. The van der Waals surface area contributed by atoms with Gasteiger partial charge in [-0.1, -0.05) is 45.2 Å². The van der Waals surface area contributed by atoms with Crippen molar-refractivity contribution in [2.24, 2.45) is 0 Å². The summed E-state index contributed by atoms with van der Waals surface area (Å²) in [6.45, 7) is 4.09. The lowest BCUT2D eigenvalue weighted by Crippen LogP contribution is -1.98. The van der Waals surface area contributed by atoms with Crippen LogP contribution in [0.25, 0.3) is 0 Å². The van der Waals surface area contributed by atoms with Crippen molar-refractivity contribution >= 4 is 50.7 Å². The monoisotopic (exact) mass is 376 g/mol. The first-order valence-electron chi connectivity index (χ1n) is 5.75. The molecule has 0 aliphatic heterocycles. The molecule has 0 N–H and O–H groups in total. The number of hydrogen-bond acceptors (Lipinski definition) is 0. The van der Waals surface area contributed by atoms with Gasteiger partial charge in [0, 0.05) is 14.5 Å². The smallest absolute Gasteiger partial charge is 0.0839 e. The molecular weight excluding hydrogens is 366 g/mol. The van der Waals surface area contributed by atoms with Crippen molar-refractivity contribution in [2.45, 2.75) is 19.2 Å². The average Bonchev–Trinajstić information content (AvgIpc) is 2.31. The summed E-state index contributed by atoms with van der Waals surface area (Å²) in [7, 11) is 0. The van der Waals surface area contributed by atoms with E-state index >= 15 is 0 Å². The molecule has 0 saturated carbocycles. The maximum Gasteiger partial charge on any atom is 0.0839 e. The highest BCUT2D eigenvalue weighted by atomic mass is 79.9. The second-order valence-electron chi connectivity index (χ2n) is 4.52. The van der Waals surface area contributed by atoms with Crippen LogP contribution in [-0.4, -0.2) is 0 Å². The van der Waals surface area contributed by atoms with E-state index in [0.717, 1.165) is 26.7 Å². The van der Waals surface area contributed by atoms with E-state index in [-0.39, 0.29) is 5.38 Å². The molecule has 0 aliphatic carbocycles. The zero-order chi connectivity index (χ0) is 14.2. The van der Waals surface area contributed by atoms with Crippen molar-refractivity contribution in [3.05, 3.63) is 67.1 Å². The van der Waals surface area contributed by atoms with Crippen LogP contribution in [-0.2, 0) is 0 Å². The third-order valence-electron chi connectivity index (χ3n) is 3.00. The number of benzene rings is 2. The van der Waals surface area contributed by atoms with Gasteiger partial charge in [0.05, 0.1) is 5.38 Å². The van der Waals surface area contributed by atoms with E-state index in [0.29, 0.717) is 10.0 Å². The second kappa shape index (κ2) is 6.05. The van der Waals surface area contributed by atoms with Gasteiger partial charge in [0.25, 0.3) is 0 Å². The van der Waals surface area contributed by atoms with Crippen molar-refractivity contribution in [3.63, 3.8) is 0 Å². The zero-order valence-corrected chi connectivity index (χ0v) is 14.3. The lowest BCUT2D eigenvalue weighted by atomic mass is 9.98. The van der Waals surface area contributed by atoms with E-state index in [4.69, 9.17) is 34.8 Å². The molecule has 0 amide bonds. The fraction of sp³-hybridized carbons (Fsp3) is 0.200. The van der Waals surface area contributed by atoms with Crippen LogP contribution >= 0.6 is 50.7 Å². The summed E-state index contributed by atoms with van der Waals surface area (Å²) >= 11 is 22.2. The summed E-state index contributed by atoms with van der Waals surface area (Å²) in [5.74, 6) is 0. The van der Waals surface area contributed by atoms with E-state index in [1.807, 2.05) is 26.0 Å². The predicted molar refractivity (Wildman–Crippen MR) is 87.8 cm³/mol. The summed E-state index contributed by atoms with van der Waals surface area (Å²) in [4.78, 5) is 0. The van der Waals surface area contributed by atoms with E-state index in [9.17, 15) is 0 Å². The highest BCUT2D eigenvalue weighted by Gasteiger charge is 2.15. The molecule has 0 heterocycles. The molecule has 2 aromatic rings. The third-order valence-corrected chi connectivity index (χ3v) is 4.78. The third kappa shape index (κ3) is 3.46. The van der Waals surface area contributed by atoms with Crippen molar-refractivity contribution in [1.29, 1.82) is 0 Å². The number of alkyl halides is 1. The van der Waals surface area contributed by atoms with Gasteiger partial charge < -0.3 is 0 Å². The topological polar surface area (TPSA) is 0 Å². The molecule has 4 heteroatoms. The Hall–Kier alpha value is -0.210. The first kappa shape index (κ1) is 15.2. The normalized spacial score (nSPS) is 12.5. The maximum atomic E-state index is 6.57. The highest BCUT2D eigenvalue weighted by molar-refractivity contribution is 9.10. The molecule has 19 heavy (non-hydrogen) atoms. The zero-order valence-electron chi connectivity index (χ0n) is 10.5. The molecule has 0 aromatic heterocycles. The number of rotatable bonds is 2. The molecule has 0 saturated heterocycles. The minimum atomic E-state index is -0.261. The van der Waals surface area contributed by atoms with Crippen molar-refractivity contribution < 1.29 is 0 Å². The minimum Gasteiger partial charge on any atom is -0.113 e. The maximum absolute atomic E-state index is 6.57. The Morgan fingerprint density at radius 2 is 1.47 bits per heavy atom. The van der Waals surface area contributed by atoms with Gasteiger partial charge in [-0.25, -0.2) is 0 Å². The summed E-state index contributed by atoms with van der Waals surface area (Å²) in [6, 6.07) is 9.57. The molecule has 100 valence electrons. The Balaban J connectivity index is 2.49. The molecule has 0 spiro atoms. The van der Waals surface area contributed by atoms with Crippen LogP contribution in [0.2, 0.25) is 10.0 Å². The molecule has 0 aliphatic rings. The van der Waals surface area contributed by atoms with Gasteiger partial charge in [-0.15, -0.1) is 11.6 Å². The standard InChI is InChI=1S/C15H12BrCl3/c1-8-4-14(16)9(2)3-13(8)15(19)10-5-11(17)7-12(18)6-10/h3-7,15H,1-2H3. The molecule has 0 nitrogen and oxygen atoms in total. The number of halogens is 4. The molecule has 0 fully saturated rings. The van der Waals surface area contributed by atoms with E-state index in [2.05, 4.69) is 28.1 Å². The van der Waals surface area contributed by atoms with Crippen LogP contribution in [0.4, 0.5) is 0 Å². The van der Waals surface area contributed by atoms with E-state index in [1.54, 1.807) is 6.07 Å². The first-order valence-corrected chi connectivity index (χ1v) is 7.73. The molecular formula is C15H12BrCl3. The van der Waals surface area contributed by atoms with E-state index in [1.165, 1.54) is 0 Å². The van der Waals surface area contributed by atoms with Gasteiger partial charge in [-0.05, 0) is 60.4 Å². The molecule has 0 radical (unpaired) electrons. The average molecular weight is 379 g/mol. The van der Waals surface area contributed by atoms with Crippen LogP contribution in [0, 0.1) is 13.8 Å². The van der Waals surface area contributed by atoms with Gasteiger partial charge in [0.1, 0.15) is 0 Å². The Morgan fingerprint density at radius 1 is 0.895 bits per heavy atom. The SMILES string of the molecule is Cc1cc(C(Cl)c2cc(Cl)cc(Cl)c2)c(C)cc1Br. The quantitative estimate of drug-likeness (QED) is 0.510. The predicted octanol–water partition coefficient (Wildman–Crippen LogP) is 6.70. The Morgan fingerprint density at radius 3 is 2.05 bits per heavy atom.